The molecule has 1 unspecified atom stereocenters. The van der Waals surface area contributed by atoms with Crippen molar-refractivity contribution in [3.8, 4) is 0 Å². The number of esters is 1. The molecule has 0 spiro atoms. The number of hydrogen-bond acceptors (Lipinski definition) is 4. The maximum absolute atomic E-state index is 11.3. The maximum atomic E-state index is 11.3. The van der Waals surface area contributed by atoms with Crippen molar-refractivity contribution in [2.45, 2.75) is 32.2 Å². The van der Waals surface area contributed by atoms with E-state index >= 15 is 0 Å². The van der Waals surface area contributed by atoms with Crippen molar-refractivity contribution in [1.29, 1.82) is 0 Å². The number of hydrogen-bond donors (Lipinski definition) is 1. The van der Waals surface area contributed by atoms with Gasteiger partial charge in [0, 0.05) is 0 Å². The van der Waals surface area contributed by atoms with Crippen LogP contribution in [-0.4, -0.2) is 30.1 Å². The van der Waals surface area contributed by atoms with Crippen LogP contribution in [0.3, 0.4) is 0 Å². The topological polar surface area (TPSA) is 52.3 Å². The quantitative estimate of drug-likeness (QED) is 0.558. The maximum Gasteiger partial charge on any atom is 0.322 e. The van der Waals surface area contributed by atoms with Crippen molar-refractivity contribution in [1.82, 2.24) is 0 Å². The van der Waals surface area contributed by atoms with Crippen LogP contribution in [-0.2, 0) is 16.0 Å². The highest BCUT2D eigenvalue weighted by atomic mass is 32.2. The number of carbonyl (C=O) groups excluding carboxylic acids is 1. The standard InChI is InChI=1S/C15H23NO2S/c1-2-18-15(17)14(16)10-12-19-11-6-9-13-7-4-3-5-8-13/h3-5,7-8,14H,2,6,9-12,16H2,1H3. The number of carbonyl (C=O) groups is 1. The lowest BCUT2D eigenvalue weighted by atomic mass is 10.1. The van der Waals surface area contributed by atoms with E-state index in [0.717, 1.165) is 24.3 Å². The molecule has 19 heavy (non-hydrogen) atoms. The van der Waals surface area contributed by atoms with Crippen LogP contribution in [0.5, 0.6) is 0 Å². The highest BCUT2D eigenvalue weighted by Crippen LogP contribution is 2.10. The van der Waals surface area contributed by atoms with Gasteiger partial charge >= 0.3 is 5.97 Å². The molecule has 0 fully saturated rings. The van der Waals surface area contributed by atoms with Crippen LogP contribution in [0.15, 0.2) is 30.3 Å². The van der Waals surface area contributed by atoms with Gasteiger partial charge in [-0.3, -0.25) is 4.79 Å². The van der Waals surface area contributed by atoms with Gasteiger partial charge in [0.2, 0.25) is 0 Å². The molecule has 0 aliphatic carbocycles. The third kappa shape index (κ3) is 7.23. The third-order valence-corrected chi connectivity index (χ3v) is 3.86. The smallest absolute Gasteiger partial charge is 0.322 e. The van der Waals surface area contributed by atoms with Gasteiger partial charge in [-0.05, 0) is 43.3 Å². The molecule has 0 bridgehead atoms. The second-order valence-electron chi connectivity index (χ2n) is 4.35. The minimum Gasteiger partial charge on any atom is -0.465 e. The molecule has 3 nitrogen and oxygen atoms in total. The minimum atomic E-state index is -0.471. The molecule has 1 rings (SSSR count). The van der Waals surface area contributed by atoms with E-state index < -0.39 is 6.04 Å². The van der Waals surface area contributed by atoms with Crippen molar-refractivity contribution in [2.75, 3.05) is 18.1 Å². The van der Waals surface area contributed by atoms with Crippen molar-refractivity contribution in [3.63, 3.8) is 0 Å². The average Bonchev–Trinajstić information content (AvgIpc) is 2.43. The molecule has 0 saturated heterocycles. The van der Waals surface area contributed by atoms with Gasteiger partial charge in [-0.1, -0.05) is 30.3 Å². The van der Waals surface area contributed by atoms with Gasteiger partial charge in [-0.15, -0.1) is 0 Å². The predicted molar refractivity (Wildman–Crippen MR) is 81.3 cm³/mol. The lowest BCUT2D eigenvalue weighted by Gasteiger charge is -2.09. The predicted octanol–water partition coefficient (Wildman–Crippen LogP) is 2.63. The number of thioether (sulfide) groups is 1. The summed E-state index contributed by atoms with van der Waals surface area (Å²) >= 11 is 1.85. The summed E-state index contributed by atoms with van der Waals surface area (Å²) in [6, 6.07) is 10.0. The molecule has 106 valence electrons. The molecular weight excluding hydrogens is 258 g/mol. The molecule has 0 heterocycles. The van der Waals surface area contributed by atoms with Gasteiger partial charge in [-0.2, -0.15) is 11.8 Å². The number of aryl methyl sites for hydroxylation is 1. The normalized spacial score (nSPS) is 12.1. The molecule has 0 radical (unpaired) electrons. The van der Waals surface area contributed by atoms with Crippen LogP contribution in [0.4, 0.5) is 0 Å². The summed E-state index contributed by atoms with van der Waals surface area (Å²) < 4.78 is 4.87. The highest BCUT2D eigenvalue weighted by Gasteiger charge is 2.13. The molecule has 0 saturated carbocycles. The molecule has 0 aromatic heterocycles. The summed E-state index contributed by atoms with van der Waals surface area (Å²) in [7, 11) is 0. The molecule has 2 N–H and O–H groups in total. The first-order chi connectivity index (χ1) is 9.24. The van der Waals surface area contributed by atoms with Crippen LogP contribution in [0.1, 0.15) is 25.3 Å². The zero-order valence-corrected chi connectivity index (χ0v) is 12.3. The van der Waals surface area contributed by atoms with Crippen molar-refractivity contribution < 1.29 is 9.53 Å². The Morgan fingerprint density at radius 1 is 1.32 bits per heavy atom. The Bertz CT molecular complexity index is 356. The Balaban J connectivity index is 2.01. The van der Waals surface area contributed by atoms with Crippen LogP contribution in [0, 0.1) is 0 Å². The van der Waals surface area contributed by atoms with Crippen LogP contribution < -0.4 is 5.73 Å². The Hall–Kier alpha value is -1.00. The van der Waals surface area contributed by atoms with Gasteiger partial charge in [0.1, 0.15) is 6.04 Å². The Kier molecular flexibility index (Phi) is 8.34. The molecule has 1 aromatic rings. The van der Waals surface area contributed by atoms with Gasteiger partial charge in [-0.25, -0.2) is 0 Å². The average molecular weight is 281 g/mol. The second-order valence-corrected chi connectivity index (χ2v) is 5.57. The molecule has 0 aliphatic rings. The zero-order chi connectivity index (χ0) is 13.9. The number of nitrogens with two attached hydrogens (primary N) is 1. The Morgan fingerprint density at radius 2 is 2.05 bits per heavy atom. The lowest BCUT2D eigenvalue weighted by molar-refractivity contribution is -0.144. The fraction of sp³-hybridized carbons (Fsp3) is 0.533. The number of benzene rings is 1. The molecule has 0 amide bonds. The van der Waals surface area contributed by atoms with E-state index in [9.17, 15) is 4.79 Å². The first-order valence-electron chi connectivity index (χ1n) is 6.78. The van der Waals surface area contributed by atoms with Crippen LogP contribution in [0.2, 0.25) is 0 Å². The van der Waals surface area contributed by atoms with E-state index in [1.54, 1.807) is 6.92 Å². The summed E-state index contributed by atoms with van der Waals surface area (Å²) in [5.74, 6) is 1.73. The SMILES string of the molecule is CCOC(=O)C(N)CCSCCCc1ccccc1. The summed E-state index contributed by atoms with van der Waals surface area (Å²) in [6.07, 6.45) is 2.95. The van der Waals surface area contributed by atoms with E-state index in [1.165, 1.54) is 5.56 Å². The fourth-order valence-corrected chi connectivity index (χ4v) is 2.68. The molecule has 1 atom stereocenters. The van der Waals surface area contributed by atoms with Crippen molar-refractivity contribution >= 4 is 17.7 Å². The van der Waals surface area contributed by atoms with Crippen molar-refractivity contribution in [3.05, 3.63) is 35.9 Å². The van der Waals surface area contributed by atoms with E-state index in [2.05, 4.69) is 24.3 Å². The summed E-state index contributed by atoms with van der Waals surface area (Å²) in [4.78, 5) is 11.3. The summed E-state index contributed by atoms with van der Waals surface area (Å²) in [5.41, 5.74) is 7.10. The number of rotatable bonds is 9. The third-order valence-electron chi connectivity index (χ3n) is 2.76. The van der Waals surface area contributed by atoms with E-state index in [0.29, 0.717) is 13.0 Å². The van der Waals surface area contributed by atoms with Crippen LogP contribution >= 0.6 is 11.8 Å². The van der Waals surface area contributed by atoms with E-state index in [4.69, 9.17) is 10.5 Å². The van der Waals surface area contributed by atoms with Gasteiger partial charge in [0.25, 0.3) is 0 Å². The van der Waals surface area contributed by atoms with Gasteiger partial charge in [0.15, 0.2) is 0 Å². The zero-order valence-electron chi connectivity index (χ0n) is 11.5. The highest BCUT2D eigenvalue weighted by molar-refractivity contribution is 7.99. The molecule has 1 aromatic carbocycles. The second kappa shape index (κ2) is 9.87. The summed E-state index contributed by atoms with van der Waals surface area (Å²) in [6.45, 7) is 2.19. The fourth-order valence-electron chi connectivity index (χ4n) is 1.70. The van der Waals surface area contributed by atoms with E-state index in [-0.39, 0.29) is 5.97 Å². The minimum absolute atomic E-state index is 0.285. The lowest BCUT2D eigenvalue weighted by Crippen LogP contribution is -2.32. The Labute approximate surface area is 119 Å². The van der Waals surface area contributed by atoms with Crippen LogP contribution in [0.25, 0.3) is 0 Å². The molecule has 4 heteroatoms. The Morgan fingerprint density at radius 3 is 2.74 bits per heavy atom. The largest absolute Gasteiger partial charge is 0.465 e. The monoisotopic (exact) mass is 281 g/mol. The van der Waals surface area contributed by atoms with Gasteiger partial charge in [0.05, 0.1) is 6.61 Å². The number of ether oxygens (including phenoxy) is 1. The van der Waals surface area contributed by atoms with Crippen molar-refractivity contribution in [2.24, 2.45) is 5.73 Å². The van der Waals surface area contributed by atoms with Gasteiger partial charge < -0.3 is 10.5 Å². The van der Waals surface area contributed by atoms with E-state index in [1.807, 2.05) is 17.8 Å². The first-order valence-corrected chi connectivity index (χ1v) is 7.93. The molecule has 0 aliphatic heterocycles. The molecular formula is C15H23NO2S. The summed E-state index contributed by atoms with van der Waals surface area (Å²) in [5, 5.41) is 0. The first kappa shape index (κ1) is 16.1.